The molecule has 4 rings (SSSR count). The van der Waals surface area contributed by atoms with Crippen molar-refractivity contribution in [2.45, 2.75) is 38.1 Å². The Morgan fingerprint density at radius 2 is 2.11 bits per heavy atom. The summed E-state index contributed by atoms with van der Waals surface area (Å²) in [6.07, 6.45) is 5.64. The van der Waals surface area contributed by atoms with Gasteiger partial charge in [-0.25, -0.2) is 9.37 Å². The Kier molecular flexibility index (Phi) is 4.64. The van der Waals surface area contributed by atoms with Gasteiger partial charge in [-0.2, -0.15) is 0 Å². The van der Waals surface area contributed by atoms with Crippen molar-refractivity contribution in [3.63, 3.8) is 0 Å². The predicted molar refractivity (Wildman–Crippen MR) is 99.8 cm³/mol. The van der Waals surface area contributed by atoms with Gasteiger partial charge in [0.15, 0.2) is 0 Å². The number of halogens is 1. The number of amides is 2. The van der Waals surface area contributed by atoms with Gasteiger partial charge in [-0.3, -0.25) is 14.5 Å². The highest BCUT2D eigenvalue weighted by Gasteiger charge is 2.49. The minimum absolute atomic E-state index is 0.0813. The van der Waals surface area contributed by atoms with Crippen molar-refractivity contribution in [2.75, 3.05) is 11.4 Å². The molecule has 1 saturated heterocycles. The van der Waals surface area contributed by atoms with E-state index in [2.05, 4.69) is 10.3 Å². The van der Waals surface area contributed by atoms with Gasteiger partial charge < -0.3 is 5.32 Å². The molecule has 27 heavy (non-hydrogen) atoms. The molecule has 1 aliphatic carbocycles. The Balaban J connectivity index is 1.46. The second-order valence-electron chi connectivity index (χ2n) is 7.45. The molecule has 1 aromatic heterocycles. The first kappa shape index (κ1) is 17.6. The molecule has 1 aromatic carbocycles. The molecule has 2 heterocycles. The Morgan fingerprint density at radius 3 is 2.89 bits per heavy atom. The van der Waals surface area contributed by atoms with E-state index in [-0.39, 0.29) is 17.9 Å². The first-order valence-corrected chi connectivity index (χ1v) is 9.37. The van der Waals surface area contributed by atoms with Crippen LogP contribution in [0.25, 0.3) is 0 Å². The number of nitrogens with zero attached hydrogens (tertiary/aromatic N) is 2. The third-order valence-corrected chi connectivity index (χ3v) is 5.71. The van der Waals surface area contributed by atoms with Crippen LogP contribution < -0.4 is 10.2 Å². The number of pyridine rings is 1. The van der Waals surface area contributed by atoms with Gasteiger partial charge in [0.2, 0.25) is 5.91 Å². The first-order valence-electron chi connectivity index (χ1n) is 9.37. The highest BCUT2D eigenvalue weighted by Crippen LogP contribution is 2.45. The average Bonchev–Trinajstić information content (AvgIpc) is 2.98. The lowest BCUT2D eigenvalue weighted by Crippen LogP contribution is -2.46. The zero-order chi connectivity index (χ0) is 18.9. The maximum Gasteiger partial charge on any atom is 0.251 e. The summed E-state index contributed by atoms with van der Waals surface area (Å²) in [4.78, 5) is 31.7. The third kappa shape index (κ3) is 3.44. The second-order valence-corrected chi connectivity index (χ2v) is 7.45. The molecule has 140 valence electrons. The Bertz CT molecular complexity index is 858. The Labute approximate surface area is 157 Å². The molecule has 1 saturated carbocycles. The van der Waals surface area contributed by atoms with E-state index >= 15 is 0 Å². The van der Waals surface area contributed by atoms with E-state index in [4.69, 9.17) is 0 Å². The van der Waals surface area contributed by atoms with Crippen LogP contribution in [0.5, 0.6) is 0 Å². The van der Waals surface area contributed by atoms with Gasteiger partial charge >= 0.3 is 0 Å². The van der Waals surface area contributed by atoms with Crippen LogP contribution in [-0.2, 0) is 4.79 Å². The molecule has 2 atom stereocenters. The number of rotatable bonds is 3. The Hall–Kier alpha value is -2.76. The van der Waals surface area contributed by atoms with Crippen molar-refractivity contribution in [3.8, 4) is 0 Å². The van der Waals surface area contributed by atoms with Gasteiger partial charge in [0.05, 0.1) is 5.41 Å². The maximum atomic E-state index is 13.4. The highest BCUT2D eigenvalue weighted by atomic mass is 19.1. The third-order valence-electron chi connectivity index (χ3n) is 5.71. The molecule has 2 amide bonds. The molecular weight excluding hydrogens is 345 g/mol. The molecule has 6 heteroatoms. The minimum Gasteiger partial charge on any atom is -0.349 e. The molecule has 1 spiro atoms. The van der Waals surface area contributed by atoms with E-state index in [9.17, 15) is 14.0 Å². The van der Waals surface area contributed by atoms with Crippen molar-refractivity contribution in [2.24, 2.45) is 5.41 Å². The fourth-order valence-electron chi connectivity index (χ4n) is 4.36. The summed E-state index contributed by atoms with van der Waals surface area (Å²) in [6, 6.07) is 11.2. The number of nitrogens with one attached hydrogen (secondary N) is 1. The lowest BCUT2D eigenvalue weighted by molar-refractivity contribution is -0.127. The van der Waals surface area contributed by atoms with Gasteiger partial charge in [0.25, 0.3) is 5.91 Å². The van der Waals surface area contributed by atoms with Crippen LogP contribution in [0.2, 0.25) is 0 Å². The van der Waals surface area contributed by atoms with Crippen LogP contribution >= 0.6 is 0 Å². The van der Waals surface area contributed by atoms with E-state index in [0.717, 1.165) is 25.7 Å². The quantitative estimate of drug-likeness (QED) is 0.905. The molecule has 2 aliphatic rings. The van der Waals surface area contributed by atoms with Gasteiger partial charge in [-0.05, 0) is 56.0 Å². The van der Waals surface area contributed by atoms with Crippen molar-refractivity contribution in [1.29, 1.82) is 0 Å². The highest BCUT2D eigenvalue weighted by molar-refractivity contribution is 5.99. The largest absolute Gasteiger partial charge is 0.349 e. The summed E-state index contributed by atoms with van der Waals surface area (Å²) in [5.74, 6) is 0.0690. The van der Waals surface area contributed by atoms with Crippen molar-refractivity contribution >= 4 is 17.6 Å². The van der Waals surface area contributed by atoms with Gasteiger partial charge in [0.1, 0.15) is 11.6 Å². The van der Waals surface area contributed by atoms with Crippen LogP contribution in [0, 0.1) is 11.2 Å². The summed E-state index contributed by atoms with van der Waals surface area (Å²) < 4.78 is 13.4. The van der Waals surface area contributed by atoms with Gasteiger partial charge in [-0.1, -0.05) is 18.6 Å². The van der Waals surface area contributed by atoms with E-state index in [1.807, 2.05) is 18.2 Å². The number of carbonyl (C=O) groups excluding carboxylic acids is 2. The summed E-state index contributed by atoms with van der Waals surface area (Å²) in [5.41, 5.74) is -0.127. The lowest BCUT2D eigenvalue weighted by Gasteiger charge is -2.36. The molecule has 1 N–H and O–H groups in total. The molecule has 5 nitrogen and oxygen atoms in total. The summed E-state index contributed by atoms with van der Waals surface area (Å²) in [6.45, 7) is 0.653. The minimum atomic E-state index is -0.435. The summed E-state index contributed by atoms with van der Waals surface area (Å²) >= 11 is 0. The smallest absolute Gasteiger partial charge is 0.251 e. The van der Waals surface area contributed by atoms with Crippen molar-refractivity contribution in [1.82, 2.24) is 10.3 Å². The molecule has 0 bridgehead atoms. The van der Waals surface area contributed by atoms with Crippen LogP contribution in [0.3, 0.4) is 0 Å². The molecular formula is C21H22FN3O2. The van der Waals surface area contributed by atoms with Gasteiger partial charge in [-0.15, -0.1) is 0 Å². The van der Waals surface area contributed by atoms with E-state index in [1.54, 1.807) is 17.2 Å². The molecule has 2 unspecified atom stereocenters. The van der Waals surface area contributed by atoms with E-state index in [1.165, 1.54) is 18.2 Å². The second kappa shape index (κ2) is 7.10. The zero-order valence-electron chi connectivity index (χ0n) is 15.0. The number of carbonyl (C=O) groups is 2. The lowest BCUT2D eigenvalue weighted by atomic mass is 9.71. The molecule has 0 radical (unpaired) electrons. The molecule has 2 aromatic rings. The zero-order valence-corrected chi connectivity index (χ0v) is 15.0. The number of aromatic nitrogens is 1. The van der Waals surface area contributed by atoms with Crippen LogP contribution in [-0.4, -0.2) is 29.4 Å². The van der Waals surface area contributed by atoms with Crippen LogP contribution in [0.15, 0.2) is 48.7 Å². The monoisotopic (exact) mass is 367 g/mol. The predicted octanol–water partition coefficient (Wildman–Crippen LogP) is 3.32. The maximum absolute atomic E-state index is 13.4. The number of hydrogen-bond acceptors (Lipinski definition) is 3. The Morgan fingerprint density at radius 1 is 1.22 bits per heavy atom. The van der Waals surface area contributed by atoms with Crippen molar-refractivity contribution in [3.05, 3.63) is 60.0 Å². The van der Waals surface area contributed by atoms with E-state index in [0.29, 0.717) is 24.3 Å². The standard InChI is InChI=1S/C21H22FN3O2/c22-16-6-3-5-15(13-16)19(26)24-17-7-4-9-21(14-17)10-12-25(20(21)27)18-8-1-2-11-23-18/h1-3,5-6,8,11,13,17H,4,7,9-10,12,14H2,(H,24,26). The number of benzene rings is 1. The van der Waals surface area contributed by atoms with Crippen LogP contribution in [0.1, 0.15) is 42.5 Å². The van der Waals surface area contributed by atoms with Crippen LogP contribution in [0.4, 0.5) is 10.2 Å². The molecule has 2 fully saturated rings. The number of hydrogen-bond donors (Lipinski definition) is 1. The topological polar surface area (TPSA) is 62.3 Å². The normalized spacial score (nSPS) is 25.0. The fraction of sp³-hybridized carbons (Fsp3) is 0.381. The fourth-order valence-corrected chi connectivity index (χ4v) is 4.36. The summed E-state index contributed by atoms with van der Waals surface area (Å²) in [7, 11) is 0. The van der Waals surface area contributed by atoms with Crippen molar-refractivity contribution < 1.29 is 14.0 Å². The number of anilines is 1. The van der Waals surface area contributed by atoms with E-state index < -0.39 is 11.2 Å². The summed E-state index contributed by atoms with van der Waals surface area (Å²) in [5, 5.41) is 3.00. The average molecular weight is 367 g/mol. The molecule has 1 aliphatic heterocycles. The van der Waals surface area contributed by atoms with Gasteiger partial charge in [0, 0.05) is 24.3 Å². The SMILES string of the molecule is O=C(NC1CCCC2(CCN(c3ccccn3)C2=O)C1)c1cccc(F)c1. The first-order chi connectivity index (χ1) is 13.1.